The van der Waals surface area contributed by atoms with E-state index in [4.69, 9.17) is 0 Å². The van der Waals surface area contributed by atoms with Crippen LogP contribution in [0.1, 0.15) is 19.8 Å². The Kier molecular flexibility index (Phi) is 5.64. The highest BCUT2D eigenvalue weighted by molar-refractivity contribution is 5.92. The van der Waals surface area contributed by atoms with Crippen molar-refractivity contribution < 1.29 is 13.6 Å². The van der Waals surface area contributed by atoms with Crippen LogP contribution in [-0.2, 0) is 4.79 Å². The monoisotopic (exact) mass is 297 g/mol. The summed E-state index contributed by atoms with van der Waals surface area (Å²) in [6.07, 6.45) is 2.01. The molecule has 2 N–H and O–H groups in total. The smallest absolute Gasteiger partial charge is 0.238 e. The van der Waals surface area contributed by atoms with E-state index in [1.807, 2.05) is 6.92 Å². The van der Waals surface area contributed by atoms with Crippen LogP contribution in [-0.4, -0.2) is 43.0 Å². The lowest BCUT2D eigenvalue weighted by atomic mass is 10.0. The molecule has 0 spiro atoms. The number of rotatable bonds is 5. The topological polar surface area (TPSA) is 44.4 Å². The Balaban J connectivity index is 1.92. The van der Waals surface area contributed by atoms with Crippen molar-refractivity contribution in [3.63, 3.8) is 0 Å². The molecule has 1 amide bonds. The largest absolute Gasteiger partial charge is 0.322 e. The molecule has 1 aliphatic rings. The van der Waals surface area contributed by atoms with Gasteiger partial charge in [-0.25, -0.2) is 8.78 Å². The predicted octanol–water partition coefficient (Wildman–Crippen LogP) is 1.98. The van der Waals surface area contributed by atoms with Crippen LogP contribution in [0.4, 0.5) is 14.5 Å². The van der Waals surface area contributed by atoms with E-state index < -0.39 is 11.6 Å². The van der Waals surface area contributed by atoms with Crippen LogP contribution < -0.4 is 10.6 Å². The van der Waals surface area contributed by atoms with Crippen molar-refractivity contribution in [1.29, 1.82) is 0 Å². The van der Waals surface area contributed by atoms with Crippen molar-refractivity contribution in [2.75, 3.05) is 31.5 Å². The number of likely N-dealkylation sites (N-methyl/N-ethyl adjacent to an activating group) is 1. The molecule has 0 bridgehead atoms. The molecular weight excluding hydrogens is 276 g/mol. The predicted molar refractivity (Wildman–Crippen MR) is 78.1 cm³/mol. The van der Waals surface area contributed by atoms with Gasteiger partial charge in [0.25, 0.3) is 0 Å². The zero-order chi connectivity index (χ0) is 15.2. The summed E-state index contributed by atoms with van der Waals surface area (Å²) < 4.78 is 26.3. The molecule has 0 aromatic heterocycles. The maximum atomic E-state index is 13.5. The van der Waals surface area contributed by atoms with Gasteiger partial charge in [-0.2, -0.15) is 0 Å². The minimum atomic E-state index is -0.756. The zero-order valence-electron chi connectivity index (χ0n) is 12.2. The second kappa shape index (κ2) is 7.47. The molecule has 0 aliphatic carbocycles. The first-order valence-corrected chi connectivity index (χ1v) is 7.30. The van der Waals surface area contributed by atoms with Gasteiger partial charge in [-0.05, 0) is 44.6 Å². The summed E-state index contributed by atoms with van der Waals surface area (Å²) in [5.74, 6) is -1.69. The third-order valence-corrected chi connectivity index (χ3v) is 3.78. The molecule has 4 nitrogen and oxygen atoms in total. The molecule has 0 saturated carbocycles. The number of anilines is 1. The van der Waals surface area contributed by atoms with Gasteiger partial charge in [0, 0.05) is 12.1 Å². The maximum absolute atomic E-state index is 13.5. The van der Waals surface area contributed by atoms with Gasteiger partial charge in [0.15, 0.2) is 0 Å². The Bertz CT molecular complexity index is 490. The number of carbonyl (C=O) groups excluding carboxylic acids is 1. The number of nitrogens with one attached hydrogen (secondary N) is 2. The summed E-state index contributed by atoms with van der Waals surface area (Å²) in [5.41, 5.74) is 0.0164. The second-order valence-corrected chi connectivity index (χ2v) is 5.22. The number of nitrogens with zero attached hydrogens (tertiary/aromatic N) is 1. The molecule has 1 aliphatic heterocycles. The molecular formula is C15H21F2N3O. The fourth-order valence-electron chi connectivity index (χ4n) is 2.64. The van der Waals surface area contributed by atoms with Crippen molar-refractivity contribution in [3.05, 3.63) is 29.8 Å². The molecule has 21 heavy (non-hydrogen) atoms. The highest BCUT2D eigenvalue weighted by Crippen LogP contribution is 2.16. The van der Waals surface area contributed by atoms with Gasteiger partial charge in [0.05, 0.1) is 12.2 Å². The Hall–Kier alpha value is -1.53. The van der Waals surface area contributed by atoms with Crippen LogP contribution in [0.25, 0.3) is 0 Å². The molecule has 116 valence electrons. The number of amides is 1. The van der Waals surface area contributed by atoms with Crippen LogP contribution >= 0.6 is 0 Å². The molecule has 2 rings (SSSR count). The van der Waals surface area contributed by atoms with Crippen LogP contribution in [0.5, 0.6) is 0 Å². The van der Waals surface area contributed by atoms with E-state index in [-0.39, 0.29) is 18.1 Å². The molecule has 1 fully saturated rings. The molecule has 1 aromatic rings. The van der Waals surface area contributed by atoms with E-state index in [1.54, 1.807) is 0 Å². The van der Waals surface area contributed by atoms with Crippen molar-refractivity contribution >= 4 is 11.6 Å². The third kappa shape index (κ3) is 4.47. The van der Waals surface area contributed by atoms with Crippen LogP contribution in [0, 0.1) is 11.6 Å². The number of hydrogen-bond donors (Lipinski definition) is 2. The SMILES string of the molecule is CCN(CC(=O)Nc1ccc(F)cc1F)C1CCNCC1. The highest BCUT2D eigenvalue weighted by Gasteiger charge is 2.21. The minimum Gasteiger partial charge on any atom is -0.322 e. The van der Waals surface area contributed by atoms with Gasteiger partial charge >= 0.3 is 0 Å². The fourth-order valence-corrected chi connectivity index (χ4v) is 2.64. The van der Waals surface area contributed by atoms with E-state index in [0.29, 0.717) is 6.04 Å². The average Bonchev–Trinajstić information content (AvgIpc) is 2.48. The fraction of sp³-hybridized carbons (Fsp3) is 0.533. The quantitative estimate of drug-likeness (QED) is 0.873. The number of carbonyl (C=O) groups is 1. The van der Waals surface area contributed by atoms with Gasteiger partial charge in [0.1, 0.15) is 11.6 Å². The van der Waals surface area contributed by atoms with Gasteiger partial charge in [-0.15, -0.1) is 0 Å². The van der Waals surface area contributed by atoms with E-state index in [1.165, 1.54) is 6.07 Å². The first kappa shape index (κ1) is 15.9. The molecule has 1 aromatic carbocycles. The van der Waals surface area contributed by atoms with E-state index >= 15 is 0 Å². The summed E-state index contributed by atoms with van der Waals surface area (Å²) in [7, 11) is 0. The van der Waals surface area contributed by atoms with Crippen molar-refractivity contribution in [1.82, 2.24) is 10.2 Å². The molecule has 6 heteroatoms. The number of hydrogen-bond acceptors (Lipinski definition) is 3. The minimum absolute atomic E-state index is 0.0164. The Morgan fingerprint density at radius 3 is 2.71 bits per heavy atom. The van der Waals surface area contributed by atoms with Crippen molar-refractivity contribution in [3.8, 4) is 0 Å². The van der Waals surface area contributed by atoms with Gasteiger partial charge in [0.2, 0.25) is 5.91 Å². The molecule has 0 unspecified atom stereocenters. The lowest BCUT2D eigenvalue weighted by Gasteiger charge is -2.33. The number of piperidine rings is 1. The maximum Gasteiger partial charge on any atom is 0.238 e. The van der Waals surface area contributed by atoms with Crippen molar-refractivity contribution in [2.24, 2.45) is 0 Å². The first-order chi connectivity index (χ1) is 10.1. The standard InChI is InChI=1S/C15H21F2N3O/c1-2-20(12-5-7-18-8-6-12)10-15(21)19-14-4-3-11(16)9-13(14)17/h3-4,9,12,18H,2,5-8,10H2,1H3,(H,19,21). The Morgan fingerprint density at radius 2 is 2.10 bits per heavy atom. The van der Waals surface area contributed by atoms with Crippen LogP contribution in [0.3, 0.4) is 0 Å². The summed E-state index contributed by atoms with van der Waals surface area (Å²) in [4.78, 5) is 14.1. The molecule has 0 radical (unpaired) electrons. The highest BCUT2D eigenvalue weighted by atomic mass is 19.1. The summed E-state index contributed by atoms with van der Waals surface area (Å²) in [6, 6.07) is 3.51. The molecule has 1 heterocycles. The number of halogens is 2. The molecule has 1 saturated heterocycles. The summed E-state index contributed by atoms with van der Waals surface area (Å²) >= 11 is 0. The van der Waals surface area contributed by atoms with Gasteiger partial charge in [-0.3, -0.25) is 9.69 Å². The Morgan fingerprint density at radius 1 is 1.38 bits per heavy atom. The second-order valence-electron chi connectivity index (χ2n) is 5.22. The summed E-state index contributed by atoms with van der Waals surface area (Å²) in [6.45, 7) is 4.90. The van der Waals surface area contributed by atoms with E-state index in [0.717, 1.165) is 44.6 Å². The third-order valence-electron chi connectivity index (χ3n) is 3.78. The van der Waals surface area contributed by atoms with Gasteiger partial charge < -0.3 is 10.6 Å². The Labute approximate surface area is 123 Å². The van der Waals surface area contributed by atoms with Gasteiger partial charge in [-0.1, -0.05) is 6.92 Å². The van der Waals surface area contributed by atoms with Crippen molar-refractivity contribution in [2.45, 2.75) is 25.8 Å². The van der Waals surface area contributed by atoms with Crippen LogP contribution in [0.15, 0.2) is 18.2 Å². The normalized spacial score (nSPS) is 16.2. The summed E-state index contributed by atoms with van der Waals surface area (Å²) in [5, 5.41) is 5.79. The number of benzene rings is 1. The zero-order valence-corrected chi connectivity index (χ0v) is 12.2. The van der Waals surface area contributed by atoms with E-state index in [9.17, 15) is 13.6 Å². The molecule has 0 atom stereocenters. The first-order valence-electron chi connectivity index (χ1n) is 7.30. The lowest BCUT2D eigenvalue weighted by Crippen LogP contribution is -2.46. The van der Waals surface area contributed by atoms with Crippen LogP contribution in [0.2, 0.25) is 0 Å². The lowest BCUT2D eigenvalue weighted by molar-refractivity contribution is -0.118. The average molecular weight is 297 g/mol. The van der Waals surface area contributed by atoms with E-state index in [2.05, 4.69) is 15.5 Å².